The Hall–Kier alpha value is -3.40. The van der Waals surface area contributed by atoms with Gasteiger partial charge < -0.3 is 20.9 Å². The number of benzene rings is 1. The molecule has 0 aliphatic heterocycles. The molecule has 2 heterocycles. The lowest BCUT2D eigenvalue weighted by Crippen LogP contribution is -2.12. The largest absolute Gasteiger partial charge is 0.378 e. The maximum absolute atomic E-state index is 11.9. The Kier molecular flexibility index (Phi) is 7.82. The summed E-state index contributed by atoms with van der Waals surface area (Å²) in [6.07, 6.45) is 5.68. The van der Waals surface area contributed by atoms with Crippen molar-refractivity contribution < 1.29 is 9.72 Å². The molecule has 168 valence electrons. The number of halogens is 1. The highest BCUT2D eigenvalue weighted by molar-refractivity contribution is 9.09. The van der Waals surface area contributed by atoms with Crippen LogP contribution in [-0.2, 0) is 17.8 Å². The third kappa shape index (κ3) is 5.85. The number of anilines is 3. The summed E-state index contributed by atoms with van der Waals surface area (Å²) in [6, 6.07) is 11.2. The number of amides is 1. The number of carbonyl (C=O) groups excluding carboxylic acids is 1. The van der Waals surface area contributed by atoms with Gasteiger partial charge in [-0.25, -0.2) is 4.98 Å². The number of hydrogen-bond donors (Lipinski definition) is 3. The summed E-state index contributed by atoms with van der Waals surface area (Å²) in [5.74, 6) is 0.261. The minimum Gasteiger partial charge on any atom is -0.378 e. The molecule has 0 spiro atoms. The second kappa shape index (κ2) is 10.8. The molecular formula is C22H25BrN6O3. The first-order valence-electron chi connectivity index (χ1n) is 10.2. The number of nitrogens with two attached hydrogens (primary N) is 1. The molecule has 0 unspecified atom stereocenters. The standard InChI is InChI=1S/C22H25BrN6O3/c1-2-15-4-6-16(7-5-15)17-13-28(14-18(17)26-21(30)12-23)11-3-10-25-20-9-8-19(29(31)32)22(24)27-20/h4-9,13-14H,2-3,10-12H2,1H3,(H,26,30)(H3,24,25,27). The van der Waals surface area contributed by atoms with Crippen molar-refractivity contribution in [3.63, 3.8) is 0 Å². The molecule has 0 saturated heterocycles. The van der Waals surface area contributed by atoms with Crippen LogP contribution in [0.15, 0.2) is 48.8 Å². The summed E-state index contributed by atoms with van der Waals surface area (Å²) in [7, 11) is 0. The van der Waals surface area contributed by atoms with Gasteiger partial charge in [0.05, 0.1) is 15.9 Å². The first kappa shape index (κ1) is 23.3. The van der Waals surface area contributed by atoms with Crippen LogP contribution in [0.5, 0.6) is 0 Å². The van der Waals surface area contributed by atoms with E-state index in [4.69, 9.17) is 5.73 Å². The Morgan fingerprint density at radius 3 is 2.59 bits per heavy atom. The maximum Gasteiger partial charge on any atom is 0.311 e. The summed E-state index contributed by atoms with van der Waals surface area (Å²) in [5, 5.41) is 17.1. The van der Waals surface area contributed by atoms with Gasteiger partial charge in [-0.3, -0.25) is 14.9 Å². The minimum absolute atomic E-state index is 0.113. The van der Waals surface area contributed by atoms with E-state index in [0.717, 1.165) is 29.7 Å². The number of carbonyl (C=O) groups is 1. The topological polar surface area (TPSA) is 128 Å². The van der Waals surface area contributed by atoms with E-state index in [2.05, 4.69) is 62.7 Å². The van der Waals surface area contributed by atoms with Crippen LogP contribution in [0.2, 0.25) is 0 Å². The van der Waals surface area contributed by atoms with Crippen LogP contribution < -0.4 is 16.4 Å². The van der Waals surface area contributed by atoms with Gasteiger partial charge >= 0.3 is 5.69 Å². The van der Waals surface area contributed by atoms with Crippen LogP contribution in [0.1, 0.15) is 18.9 Å². The number of aromatic nitrogens is 2. The molecule has 10 heteroatoms. The van der Waals surface area contributed by atoms with Gasteiger partial charge in [0.2, 0.25) is 11.7 Å². The fourth-order valence-corrected chi connectivity index (χ4v) is 3.41. The minimum atomic E-state index is -0.558. The highest BCUT2D eigenvalue weighted by atomic mass is 79.9. The van der Waals surface area contributed by atoms with Crippen molar-refractivity contribution in [2.45, 2.75) is 26.3 Å². The van der Waals surface area contributed by atoms with E-state index in [1.54, 1.807) is 0 Å². The van der Waals surface area contributed by atoms with Gasteiger partial charge in [-0.1, -0.05) is 47.1 Å². The third-order valence-corrected chi connectivity index (χ3v) is 5.46. The molecular weight excluding hydrogens is 476 g/mol. The van der Waals surface area contributed by atoms with Gasteiger partial charge in [0.25, 0.3) is 0 Å². The smallest absolute Gasteiger partial charge is 0.311 e. The lowest BCUT2D eigenvalue weighted by atomic mass is 10.0. The van der Waals surface area contributed by atoms with Gasteiger partial charge in [0.1, 0.15) is 5.82 Å². The third-order valence-electron chi connectivity index (χ3n) is 4.95. The van der Waals surface area contributed by atoms with Gasteiger partial charge in [0, 0.05) is 37.1 Å². The number of nitrogen functional groups attached to an aromatic ring is 1. The molecule has 1 amide bonds. The number of alkyl halides is 1. The van der Waals surface area contributed by atoms with Crippen LogP contribution in [0.25, 0.3) is 11.1 Å². The number of nitrogens with zero attached hydrogens (tertiary/aromatic N) is 3. The number of pyridine rings is 1. The Morgan fingerprint density at radius 1 is 1.22 bits per heavy atom. The van der Waals surface area contributed by atoms with Crippen molar-refractivity contribution in [3.8, 4) is 11.1 Å². The predicted octanol–water partition coefficient (Wildman–Crippen LogP) is 4.44. The van der Waals surface area contributed by atoms with E-state index < -0.39 is 4.92 Å². The van der Waals surface area contributed by atoms with E-state index in [1.165, 1.54) is 17.7 Å². The molecule has 4 N–H and O–H groups in total. The SMILES string of the molecule is CCc1ccc(-c2cn(CCCNc3ccc([N+](=O)[O-])c(N)n3)cc2NC(=O)CBr)cc1. The Bertz CT molecular complexity index is 1100. The van der Waals surface area contributed by atoms with E-state index in [-0.39, 0.29) is 22.7 Å². The average molecular weight is 501 g/mol. The maximum atomic E-state index is 11.9. The van der Waals surface area contributed by atoms with E-state index in [0.29, 0.717) is 18.9 Å². The number of aryl methyl sites for hydroxylation is 2. The van der Waals surface area contributed by atoms with Crippen molar-refractivity contribution in [2.75, 3.05) is 28.2 Å². The molecule has 0 atom stereocenters. The molecule has 0 saturated carbocycles. The summed E-state index contributed by atoms with van der Waals surface area (Å²) >= 11 is 3.19. The molecule has 3 aromatic rings. The summed E-state index contributed by atoms with van der Waals surface area (Å²) in [4.78, 5) is 26.2. The molecule has 32 heavy (non-hydrogen) atoms. The molecule has 0 aliphatic rings. The molecule has 0 bridgehead atoms. The quantitative estimate of drug-likeness (QED) is 0.163. The second-order valence-corrected chi connectivity index (χ2v) is 7.75. The van der Waals surface area contributed by atoms with Gasteiger partial charge in [-0.15, -0.1) is 0 Å². The van der Waals surface area contributed by atoms with Crippen LogP contribution in [-0.4, -0.2) is 32.3 Å². The van der Waals surface area contributed by atoms with E-state index in [9.17, 15) is 14.9 Å². The molecule has 3 rings (SSSR count). The fraction of sp³-hybridized carbons (Fsp3) is 0.273. The Morgan fingerprint density at radius 2 is 1.97 bits per heavy atom. The van der Waals surface area contributed by atoms with Crippen LogP contribution in [0, 0.1) is 10.1 Å². The zero-order chi connectivity index (χ0) is 23.1. The van der Waals surface area contributed by atoms with Crippen molar-refractivity contribution in [3.05, 3.63) is 64.5 Å². The van der Waals surface area contributed by atoms with Crippen LogP contribution >= 0.6 is 15.9 Å². The van der Waals surface area contributed by atoms with Gasteiger partial charge in [-0.05, 0) is 30.0 Å². The van der Waals surface area contributed by atoms with Crippen molar-refractivity contribution in [1.82, 2.24) is 9.55 Å². The summed E-state index contributed by atoms with van der Waals surface area (Å²) in [5.41, 5.74) is 9.43. The molecule has 1 aromatic carbocycles. The number of nitro groups is 1. The Balaban J connectivity index is 1.66. The van der Waals surface area contributed by atoms with Crippen LogP contribution in [0.3, 0.4) is 0 Å². The zero-order valence-corrected chi connectivity index (χ0v) is 19.3. The Labute approximate surface area is 194 Å². The van der Waals surface area contributed by atoms with Gasteiger partial charge in [0.15, 0.2) is 0 Å². The zero-order valence-electron chi connectivity index (χ0n) is 17.7. The number of rotatable bonds is 10. The lowest BCUT2D eigenvalue weighted by molar-refractivity contribution is -0.384. The monoisotopic (exact) mass is 500 g/mol. The highest BCUT2D eigenvalue weighted by Gasteiger charge is 2.13. The van der Waals surface area contributed by atoms with Crippen molar-refractivity contribution in [2.24, 2.45) is 0 Å². The van der Waals surface area contributed by atoms with Crippen molar-refractivity contribution in [1.29, 1.82) is 0 Å². The normalized spacial score (nSPS) is 10.7. The van der Waals surface area contributed by atoms with Crippen molar-refractivity contribution >= 4 is 44.8 Å². The molecule has 0 fully saturated rings. The number of hydrogen-bond acceptors (Lipinski definition) is 6. The molecule has 9 nitrogen and oxygen atoms in total. The second-order valence-electron chi connectivity index (χ2n) is 7.19. The van der Waals surface area contributed by atoms with Crippen LogP contribution in [0.4, 0.5) is 23.0 Å². The fourth-order valence-electron chi connectivity index (χ4n) is 3.27. The molecule has 0 aliphatic carbocycles. The first-order chi connectivity index (χ1) is 15.4. The van der Waals surface area contributed by atoms with E-state index >= 15 is 0 Å². The van der Waals surface area contributed by atoms with E-state index in [1.807, 2.05) is 17.0 Å². The summed E-state index contributed by atoms with van der Waals surface area (Å²) < 4.78 is 2.03. The first-order valence-corrected chi connectivity index (χ1v) is 11.3. The average Bonchev–Trinajstić information content (AvgIpc) is 3.18. The number of nitrogens with one attached hydrogen (secondary N) is 2. The molecule has 0 radical (unpaired) electrons. The van der Waals surface area contributed by atoms with Gasteiger partial charge in [-0.2, -0.15) is 0 Å². The highest BCUT2D eigenvalue weighted by Crippen LogP contribution is 2.30. The summed E-state index contributed by atoms with van der Waals surface area (Å²) in [6.45, 7) is 3.42. The predicted molar refractivity (Wildman–Crippen MR) is 130 cm³/mol. The molecule has 2 aromatic heterocycles. The lowest BCUT2D eigenvalue weighted by Gasteiger charge is -2.07.